The molecular weight excluding hydrogens is 206 g/mol. The maximum Gasteiger partial charge on any atom is 0.0121 e. The predicted octanol–water partition coefficient (Wildman–Crippen LogP) is 4.37. The Morgan fingerprint density at radius 1 is 0.824 bits per heavy atom. The lowest BCUT2D eigenvalue weighted by Gasteiger charge is -2.37. The lowest BCUT2D eigenvalue weighted by Crippen LogP contribution is -2.42. The van der Waals surface area contributed by atoms with Crippen LogP contribution in [-0.4, -0.2) is 13.1 Å². The summed E-state index contributed by atoms with van der Waals surface area (Å²) < 4.78 is 0. The fourth-order valence-corrected chi connectivity index (χ4v) is 4.33. The molecule has 2 fully saturated rings. The molecule has 0 aliphatic heterocycles. The van der Waals surface area contributed by atoms with Crippen LogP contribution in [0.4, 0.5) is 0 Å². The first-order valence-corrected chi connectivity index (χ1v) is 7.98. The molecule has 17 heavy (non-hydrogen) atoms. The highest BCUT2D eigenvalue weighted by Crippen LogP contribution is 2.36. The molecular formula is C16H31N. The smallest absolute Gasteiger partial charge is 0.0121 e. The number of hydrogen-bond donors (Lipinski definition) is 1. The van der Waals surface area contributed by atoms with Crippen molar-refractivity contribution in [2.75, 3.05) is 7.05 Å². The second kappa shape index (κ2) is 6.78. The molecule has 0 amide bonds. The Morgan fingerprint density at radius 3 is 2.06 bits per heavy atom. The second-order valence-electron chi connectivity index (χ2n) is 6.60. The van der Waals surface area contributed by atoms with E-state index in [0.29, 0.717) is 0 Å². The summed E-state index contributed by atoms with van der Waals surface area (Å²) in [5.41, 5.74) is 0. The standard InChI is InChI=1S/C16H31N/c1-13-8-7-11-15(12-13)16(17-2)14-9-5-3-4-6-10-14/h13-17H,3-12H2,1-2H3. The van der Waals surface area contributed by atoms with E-state index in [1.165, 1.54) is 64.2 Å². The minimum Gasteiger partial charge on any atom is -0.316 e. The summed E-state index contributed by atoms with van der Waals surface area (Å²) in [5.74, 6) is 2.90. The van der Waals surface area contributed by atoms with Crippen molar-refractivity contribution < 1.29 is 0 Å². The van der Waals surface area contributed by atoms with Crippen molar-refractivity contribution in [3.8, 4) is 0 Å². The third-order valence-electron chi connectivity index (χ3n) is 5.23. The maximum atomic E-state index is 3.69. The van der Waals surface area contributed by atoms with Gasteiger partial charge >= 0.3 is 0 Å². The topological polar surface area (TPSA) is 12.0 Å². The van der Waals surface area contributed by atoms with E-state index in [-0.39, 0.29) is 0 Å². The van der Waals surface area contributed by atoms with Crippen LogP contribution in [0.15, 0.2) is 0 Å². The van der Waals surface area contributed by atoms with Gasteiger partial charge in [0.25, 0.3) is 0 Å². The predicted molar refractivity (Wildman–Crippen MR) is 75.2 cm³/mol. The molecule has 2 rings (SSSR count). The van der Waals surface area contributed by atoms with Crippen molar-refractivity contribution in [1.82, 2.24) is 5.32 Å². The van der Waals surface area contributed by atoms with Crippen LogP contribution in [0.3, 0.4) is 0 Å². The normalized spacial score (nSPS) is 34.2. The molecule has 0 spiro atoms. The second-order valence-corrected chi connectivity index (χ2v) is 6.60. The van der Waals surface area contributed by atoms with Crippen LogP contribution in [-0.2, 0) is 0 Å². The Morgan fingerprint density at radius 2 is 1.47 bits per heavy atom. The van der Waals surface area contributed by atoms with Gasteiger partial charge in [0.1, 0.15) is 0 Å². The summed E-state index contributed by atoms with van der Waals surface area (Å²) >= 11 is 0. The zero-order valence-corrected chi connectivity index (χ0v) is 11.9. The summed E-state index contributed by atoms with van der Waals surface area (Å²) in [6, 6.07) is 0.816. The molecule has 0 bridgehead atoms. The van der Waals surface area contributed by atoms with Crippen molar-refractivity contribution in [2.24, 2.45) is 17.8 Å². The number of nitrogens with one attached hydrogen (secondary N) is 1. The van der Waals surface area contributed by atoms with Gasteiger partial charge in [0.15, 0.2) is 0 Å². The summed E-state index contributed by atoms with van der Waals surface area (Å²) in [7, 11) is 2.20. The average molecular weight is 237 g/mol. The van der Waals surface area contributed by atoms with Gasteiger partial charge < -0.3 is 5.32 Å². The highest BCUT2D eigenvalue weighted by Gasteiger charge is 2.31. The van der Waals surface area contributed by atoms with E-state index in [9.17, 15) is 0 Å². The number of hydrogen-bond acceptors (Lipinski definition) is 1. The lowest BCUT2D eigenvalue weighted by atomic mass is 9.73. The third-order valence-corrected chi connectivity index (χ3v) is 5.23. The van der Waals surface area contributed by atoms with Gasteiger partial charge in [-0.3, -0.25) is 0 Å². The summed E-state index contributed by atoms with van der Waals surface area (Å²) in [6.07, 6.45) is 14.8. The van der Waals surface area contributed by atoms with E-state index >= 15 is 0 Å². The van der Waals surface area contributed by atoms with E-state index < -0.39 is 0 Å². The zero-order chi connectivity index (χ0) is 12.1. The first-order chi connectivity index (χ1) is 8.31. The highest BCUT2D eigenvalue weighted by molar-refractivity contribution is 4.86. The SMILES string of the molecule is CNC(C1CCCCCC1)C1CCCC(C)C1. The monoisotopic (exact) mass is 237 g/mol. The Labute approximate surface area is 108 Å². The van der Waals surface area contributed by atoms with Gasteiger partial charge in [-0.25, -0.2) is 0 Å². The molecule has 3 atom stereocenters. The molecule has 0 radical (unpaired) electrons. The quantitative estimate of drug-likeness (QED) is 0.719. The summed E-state index contributed by atoms with van der Waals surface area (Å²) in [4.78, 5) is 0. The van der Waals surface area contributed by atoms with Gasteiger partial charge in [0.2, 0.25) is 0 Å². The van der Waals surface area contributed by atoms with Crippen molar-refractivity contribution in [3.63, 3.8) is 0 Å². The van der Waals surface area contributed by atoms with Crippen LogP contribution < -0.4 is 5.32 Å². The van der Waals surface area contributed by atoms with Gasteiger partial charge in [-0.1, -0.05) is 45.4 Å². The van der Waals surface area contributed by atoms with Crippen molar-refractivity contribution in [3.05, 3.63) is 0 Å². The van der Waals surface area contributed by atoms with Gasteiger partial charge in [0.05, 0.1) is 0 Å². The average Bonchev–Trinajstić information content (AvgIpc) is 2.59. The highest BCUT2D eigenvalue weighted by atomic mass is 14.9. The van der Waals surface area contributed by atoms with Crippen LogP contribution in [0.2, 0.25) is 0 Å². The van der Waals surface area contributed by atoms with Crippen LogP contribution in [0.5, 0.6) is 0 Å². The molecule has 0 aromatic carbocycles. The molecule has 0 heterocycles. The molecule has 0 aromatic rings. The molecule has 1 heteroatoms. The molecule has 0 aromatic heterocycles. The molecule has 2 aliphatic rings. The molecule has 100 valence electrons. The van der Waals surface area contributed by atoms with Crippen LogP contribution >= 0.6 is 0 Å². The Bertz CT molecular complexity index is 204. The van der Waals surface area contributed by atoms with E-state index in [4.69, 9.17) is 0 Å². The minimum atomic E-state index is 0.816. The molecule has 1 N–H and O–H groups in total. The summed E-state index contributed by atoms with van der Waals surface area (Å²) in [6.45, 7) is 2.45. The van der Waals surface area contributed by atoms with Gasteiger partial charge in [-0.2, -0.15) is 0 Å². The van der Waals surface area contributed by atoms with Crippen molar-refractivity contribution in [2.45, 2.75) is 77.2 Å². The van der Waals surface area contributed by atoms with Gasteiger partial charge in [-0.15, -0.1) is 0 Å². The van der Waals surface area contributed by atoms with E-state index in [0.717, 1.165) is 23.8 Å². The fourth-order valence-electron chi connectivity index (χ4n) is 4.33. The van der Waals surface area contributed by atoms with Crippen molar-refractivity contribution >= 4 is 0 Å². The minimum absolute atomic E-state index is 0.816. The lowest BCUT2D eigenvalue weighted by molar-refractivity contribution is 0.173. The van der Waals surface area contributed by atoms with E-state index in [1.807, 2.05) is 0 Å². The first kappa shape index (κ1) is 13.4. The summed E-state index contributed by atoms with van der Waals surface area (Å²) in [5, 5.41) is 3.69. The van der Waals surface area contributed by atoms with Crippen LogP contribution in [0.25, 0.3) is 0 Å². The Balaban J connectivity index is 1.93. The number of rotatable bonds is 3. The van der Waals surface area contributed by atoms with Gasteiger partial charge in [-0.05, 0) is 50.5 Å². The molecule has 2 saturated carbocycles. The largest absolute Gasteiger partial charge is 0.316 e. The van der Waals surface area contributed by atoms with Crippen LogP contribution in [0.1, 0.15) is 71.1 Å². The van der Waals surface area contributed by atoms with Crippen molar-refractivity contribution in [1.29, 1.82) is 0 Å². The molecule has 3 unspecified atom stereocenters. The van der Waals surface area contributed by atoms with E-state index in [2.05, 4.69) is 19.3 Å². The molecule has 1 nitrogen and oxygen atoms in total. The van der Waals surface area contributed by atoms with Gasteiger partial charge in [0, 0.05) is 6.04 Å². The third kappa shape index (κ3) is 3.71. The fraction of sp³-hybridized carbons (Fsp3) is 1.00. The maximum absolute atomic E-state index is 3.69. The van der Waals surface area contributed by atoms with E-state index in [1.54, 1.807) is 0 Å². The Hall–Kier alpha value is -0.0400. The Kier molecular flexibility index (Phi) is 5.34. The molecule has 2 aliphatic carbocycles. The van der Waals surface area contributed by atoms with Crippen LogP contribution in [0, 0.1) is 17.8 Å². The first-order valence-electron chi connectivity index (χ1n) is 7.98. The zero-order valence-electron chi connectivity index (χ0n) is 11.9. The molecule has 0 saturated heterocycles.